The van der Waals surface area contributed by atoms with Gasteiger partial charge >= 0.3 is 0 Å². The number of anilines is 1. The third-order valence-electron chi connectivity index (χ3n) is 4.13. The van der Waals surface area contributed by atoms with Crippen LogP contribution in [0.3, 0.4) is 0 Å². The summed E-state index contributed by atoms with van der Waals surface area (Å²) < 4.78 is 26.5. The van der Waals surface area contributed by atoms with Gasteiger partial charge in [-0.15, -0.1) is 10.2 Å². The van der Waals surface area contributed by atoms with Crippen LogP contribution in [-0.2, 0) is 14.8 Å². The highest BCUT2D eigenvalue weighted by atomic mass is 32.2. The predicted molar refractivity (Wildman–Crippen MR) is 96.5 cm³/mol. The summed E-state index contributed by atoms with van der Waals surface area (Å²) in [5.41, 5.74) is 0.651. The van der Waals surface area contributed by atoms with Gasteiger partial charge in [0.25, 0.3) is 10.0 Å². The number of nitrogens with one attached hydrogen (secondary N) is 1. The van der Waals surface area contributed by atoms with E-state index < -0.39 is 10.0 Å². The molecule has 0 atom stereocenters. The van der Waals surface area contributed by atoms with Gasteiger partial charge in [-0.3, -0.25) is 9.59 Å². The second kappa shape index (κ2) is 7.60. The summed E-state index contributed by atoms with van der Waals surface area (Å²) in [5.74, 6) is -0.481. The number of Topliss-reactive ketones (excluding diaryl/α,β-unsaturated/α-hetero) is 1. The molecule has 1 aromatic carbocycles. The summed E-state index contributed by atoms with van der Waals surface area (Å²) in [7, 11) is -3.78. The van der Waals surface area contributed by atoms with E-state index in [9.17, 15) is 18.0 Å². The average molecular weight is 394 g/mol. The van der Waals surface area contributed by atoms with E-state index in [1.54, 1.807) is 12.1 Å². The van der Waals surface area contributed by atoms with Gasteiger partial charge in [0.2, 0.25) is 15.4 Å². The number of hydrogen-bond donors (Lipinski definition) is 1. The number of benzene rings is 1. The molecule has 1 saturated heterocycles. The quantitative estimate of drug-likeness (QED) is 0.611. The minimum Gasteiger partial charge on any atom is -0.301 e. The zero-order chi connectivity index (χ0) is 18.7. The largest absolute Gasteiger partial charge is 0.301 e. The van der Waals surface area contributed by atoms with Gasteiger partial charge in [0.15, 0.2) is 5.78 Å². The first-order chi connectivity index (χ1) is 12.4. The van der Waals surface area contributed by atoms with Gasteiger partial charge in [-0.1, -0.05) is 41.7 Å². The molecule has 1 amide bonds. The van der Waals surface area contributed by atoms with E-state index in [-0.39, 0.29) is 40.2 Å². The maximum Gasteiger partial charge on any atom is 0.272 e. The Morgan fingerprint density at radius 3 is 2.42 bits per heavy atom. The Hall–Kier alpha value is -2.17. The van der Waals surface area contributed by atoms with E-state index >= 15 is 0 Å². The van der Waals surface area contributed by atoms with Crippen molar-refractivity contribution in [3.8, 4) is 0 Å². The summed E-state index contributed by atoms with van der Waals surface area (Å²) >= 11 is 0.815. The van der Waals surface area contributed by atoms with Crippen LogP contribution in [0.2, 0.25) is 0 Å². The number of carbonyl (C=O) groups excluding carboxylic acids is 2. The molecule has 2 aromatic rings. The zero-order valence-electron chi connectivity index (χ0n) is 14.1. The molecular formula is C16H18N4O4S2. The van der Waals surface area contributed by atoms with Gasteiger partial charge < -0.3 is 5.32 Å². The van der Waals surface area contributed by atoms with Gasteiger partial charge in [0, 0.05) is 31.5 Å². The highest BCUT2D eigenvalue weighted by Gasteiger charge is 2.34. The molecule has 8 nitrogen and oxygen atoms in total. The lowest BCUT2D eigenvalue weighted by molar-refractivity contribution is -0.114. The molecule has 1 aliphatic rings. The Morgan fingerprint density at radius 2 is 1.81 bits per heavy atom. The van der Waals surface area contributed by atoms with Crippen molar-refractivity contribution in [1.29, 1.82) is 0 Å². The Bertz CT molecular complexity index is 903. The number of ketones is 1. The van der Waals surface area contributed by atoms with Crippen LogP contribution in [0.1, 0.15) is 30.1 Å². The van der Waals surface area contributed by atoms with Crippen LogP contribution in [0.25, 0.3) is 0 Å². The van der Waals surface area contributed by atoms with Crippen molar-refractivity contribution in [1.82, 2.24) is 14.5 Å². The monoisotopic (exact) mass is 394 g/mol. The highest BCUT2D eigenvalue weighted by molar-refractivity contribution is 7.91. The van der Waals surface area contributed by atoms with Crippen molar-refractivity contribution in [2.75, 3.05) is 18.4 Å². The van der Waals surface area contributed by atoms with Crippen LogP contribution in [0.5, 0.6) is 0 Å². The fourth-order valence-electron chi connectivity index (χ4n) is 2.82. The van der Waals surface area contributed by atoms with E-state index in [1.165, 1.54) is 11.2 Å². The topological polar surface area (TPSA) is 109 Å². The molecule has 0 saturated carbocycles. The van der Waals surface area contributed by atoms with E-state index in [1.807, 2.05) is 18.2 Å². The first-order valence-corrected chi connectivity index (χ1v) is 10.3. The number of carbonyl (C=O) groups is 2. The SMILES string of the molecule is CC(=O)Nc1nnc(S(=O)(=O)N2CCC(C(=O)c3ccccc3)CC2)s1. The van der Waals surface area contributed by atoms with Crippen LogP contribution in [-0.4, -0.2) is 47.7 Å². The van der Waals surface area contributed by atoms with Crippen molar-refractivity contribution in [2.45, 2.75) is 24.1 Å². The van der Waals surface area contributed by atoms with E-state index in [0.29, 0.717) is 18.4 Å². The molecule has 3 rings (SSSR count). The smallest absolute Gasteiger partial charge is 0.272 e. The Balaban J connectivity index is 1.66. The summed E-state index contributed by atoms with van der Waals surface area (Å²) in [4.78, 5) is 23.5. The third-order valence-corrected chi connectivity index (χ3v) is 7.22. The second-order valence-electron chi connectivity index (χ2n) is 5.96. The zero-order valence-corrected chi connectivity index (χ0v) is 15.7. The lowest BCUT2D eigenvalue weighted by atomic mass is 9.90. The minimum atomic E-state index is -3.78. The fourth-order valence-corrected chi connectivity index (χ4v) is 5.38. The molecule has 2 heterocycles. The van der Waals surface area contributed by atoms with E-state index in [0.717, 1.165) is 11.3 Å². The van der Waals surface area contributed by atoms with Crippen molar-refractivity contribution in [3.63, 3.8) is 0 Å². The molecule has 138 valence electrons. The van der Waals surface area contributed by atoms with Crippen LogP contribution in [0.15, 0.2) is 34.7 Å². The van der Waals surface area contributed by atoms with Crippen molar-refractivity contribution < 1.29 is 18.0 Å². The maximum atomic E-state index is 12.7. The molecule has 26 heavy (non-hydrogen) atoms. The first kappa shape index (κ1) is 18.6. The molecule has 0 unspecified atom stereocenters. The predicted octanol–water partition coefficient (Wildman–Crippen LogP) is 1.78. The van der Waals surface area contributed by atoms with Gasteiger partial charge in [0.05, 0.1) is 0 Å². The summed E-state index contributed by atoms with van der Waals surface area (Å²) in [6, 6.07) is 9.03. The normalized spacial score (nSPS) is 16.3. The van der Waals surface area contributed by atoms with Crippen LogP contribution >= 0.6 is 11.3 Å². The lowest BCUT2D eigenvalue weighted by Crippen LogP contribution is -2.40. The molecule has 1 aromatic heterocycles. The van der Waals surface area contributed by atoms with Gasteiger partial charge in [-0.25, -0.2) is 8.42 Å². The van der Waals surface area contributed by atoms with Crippen LogP contribution < -0.4 is 5.32 Å². The fraction of sp³-hybridized carbons (Fsp3) is 0.375. The van der Waals surface area contributed by atoms with Gasteiger partial charge in [-0.2, -0.15) is 4.31 Å². The number of rotatable bonds is 5. The number of sulfonamides is 1. The minimum absolute atomic E-state index is 0.0477. The van der Waals surface area contributed by atoms with Crippen molar-refractivity contribution >= 4 is 38.2 Å². The lowest BCUT2D eigenvalue weighted by Gasteiger charge is -2.29. The number of hydrogen-bond acceptors (Lipinski definition) is 7. The van der Waals surface area contributed by atoms with Crippen LogP contribution in [0.4, 0.5) is 5.13 Å². The Morgan fingerprint density at radius 1 is 1.15 bits per heavy atom. The molecule has 0 aliphatic carbocycles. The molecular weight excluding hydrogens is 376 g/mol. The molecule has 10 heteroatoms. The standard InChI is InChI=1S/C16H18N4O4S2/c1-11(21)17-15-18-19-16(25-15)26(23,24)20-9-7-13(8-10-20)14(22)12-5-3-2-4-6-12/h2-6,13H,7-10H2,1H3,(H,17,18,21). The first-order valence-electron chi connectivity index (χ1n) is 8.08. The molecule has 1 fully saturated rings. The summed E-state index contributed by atoms with van der Waals surface area (Å²) in [6.07, 6.45) is 0.925. The summed E-state index contributed by atoms with van der Waals surface area (Å²) in [5, 5.41) is 9.91. The number of aromatic nitrogens is 2. The molecule has 1 aliphatic heterocycles. The Kier molecular flexibility index (Phi) is 5.44. The number of piperidine rings is 1. The maximum absolute atomic E-state index is 12.7. The molecule has 1 N–H and O–H groups in total. The van der Waals surface area contributed by atoms with Crippen molar-refractivity contribution in [2.24, 2.45) is 5.92 Å². The average Bonchev–Trinajstić information content (AvgIpc) is 3.10. The number of nitrogens with zero attached hydrogens (tertiary/aromatic N) is 3. The molecule has 0 spiro atoms. The molecule has 0 bridgehead atoms. The van der Waals surface area contributed by atoms with E-state index in [2.05, 4.69) is 15.5 Å². The second-order valence-corrected chi connectivity index (χ2v) is 9.05. The van der Waals surface area contributed by atoms with Crippen LogP contribution in [0, 0.1) is 5.92 Å². The molecule has 0 radical (unpaired) electrons. The highest BCUT2D eigenvalue weighted by Crippen LogP contribution is 2.28. The summed E-state index contributed by atoms with van der Waals surface area (Å²) in [6.45, 7) is 1.81. The van der Waals surface area contributed by atoms with Gasteiger partial charge in [0.1, 0.15) is 0 Å². The van der Waals surface area contributed by atoms with Crippen molar-refractivity contribution in [3.05, 3.63) is 35.9 Å². The van der Waals surface area contributed by atoms with E-state index in [4.69, 9.17) is 0 Å². The Labute approximate surface area is 155 Å². The van der Waals surface area contributed by atoms with Gasteiger partial charge in [-0.05, 0) is 12.8 Å². The third kappa shape index (κ3) is 3.97. The number of amides is 1.